The van der Waals surface area contributed by atoms with E-state index in [1.807, 2.05) is 0 Å². The van der Waals surface area contributed by atoms with Crippen LogP contribution in [0.4, 0.5) is 5.69 Å². The summed E-state index contributed by atoms with van der Waals surface area (Å²) >= 11 is 3.50. The molecule has 86 valence electrons. The standard InChI is InChI=1S/C12H16N2S2/c1-7-5-15-6-11(7)13-8(2)12-9(3)16-10(4)14-12/h5-6,8,13H,1-4H3. The Labute approximate surface area is 104 Å². The van der Waals surface area contributed by atoms with Crippen molar-refractivity contribution in [2.24, 2.45) is 0 Å². The third-order valence-corrected chi connectivity index (χ3v) is 4.34. The van der Waals surface area contributed by atoms with Crippen molar-refractivity contribution >= 4 is 28.4 Å². The highest BCUT2D eigenvalue weighted by atomic mass is 32.1. The van der Waals surface area contributed by atoms with E-state index in [2.05, 4.69) is 48.8 Å². The first-order valence-corrected chi connectivity index (χ1v) is 7.07. The van der Waals surface area contributed by atoms with Gasteiger partial charge in [0.25, 0.3) is 0 Å². The average Bonchev–Trinajstić information content (AvgIpc) is 2.74. The molecule has 0 saturated carbocycles. The molecule has 0 aliphatic heterocycles. The molecule has 2 aromatic rings. The fourth-order valence-corrected chi connectivity index (χ4v) is 3.46. The molecule has 2 rings (SSSR count). The molecule has 0 fully saturated rings. The molecule has 0 aromatic carbocycles. The minimum absolute atomic E-state index is 0.276. The van der Waals surface area contributed by atoms with Gasteiger partial charge in [0.1, 0.15) is 0 Å². The fraction of sp³-hybridized carbons (Fsp3) is 0.417. The van der Waals surface area contributed by atoms with Crippen molar-refractivity contribution < 1.29 is 0 Å². The van der Waals surface area contributed by atoms with E-state index in [1.54, 1.807) is 22.7 Å². The molecule has 0 amide bonds. The summed E-state index contributed by atoms with van der Waals surface area (Å²) in [7, 11) is 0. The summed E-state index contributed by atoms with van der Waals surface area (Å²) < 4.78 is 0. The Kier molecular flexibility index (Phi) is 3.30. The van der Waals surface area contributed by atoms with Crippen LogP contribution < -0.4 is 5.32 Å². The summed E-state index contributed by atoms with van der Waals surface area (Å²) in [6, 6.07) is 0.276. The van der Waals surface area contributed by atoms with E-state index in [4.69, 9.17) is 0 Å². The van der Waals surface area contributed by atoms with Gasteiger partial charge in [0.15, 0.2) is 0 Å². The zero-order valence-electron chi connectivity index (χ0n) is 10.00. The maximum atomic E-state index is 4.58. The van der Waals surface area contributed by atoms with Gasteiger partial charge < -0.3 is 5.32 Å². The summed E-state index contributed by atoms with van der Waals surface area (Å²) in [5.41, 5.74) is 3.71. The molecule has 16 heavy (non-hydrogen) atoms. The monoisotopic (exact) mass is 252 g/mol. The van der Waals surface area contributed by atoms with E-state index in [0.29, 0.717) is 0 Å². The normalized spacial score (nSPS) is 12.8. The van der Waals surface area contributed by atoms with E-state index in [0.717, 1.165) is 5.01 Å². The number of aromatic nitrogens is 1. The molecule has 0 aliphatic carbocycles. The minimum Gasteiger partial charge on any atom is -0.376 e. The number of aryl methyl sites for hydroxylation is 3. The smallest absolute Gasteiger partial charge is 0.0901 e. The number of hydrogen-bond acceptors (Lipinski definition) is 4. The van der Waals surface area contributed by atoms with Crippen LogP contribution in [0.1, 0.15) is 34.1 Å². The summed E-state index contributed by atoms with van der Waals surface area (Å²) in [6.07, 6.45) is 0. The maximum absolute atomic E-state index is 4.58. The molecule has 0 bridgehead atoms. The molecule has 0 saturated heterocycles. The second-order valence-electron chi connectivity index (χ2n) is 4.01. The van der Waals surface area contributed by atoms with Crippen molar-refractivity contribution in [2.75, 3.05) is 5.32 Å². The summed E-state index contributed by atoms with van der Waals surface area (Å²) in [5.74, 6) is 0. The van der Waals surface area contributed by atoms with Crippen molar-refractivity contribution in [1.82, 2.24) is 4.98 Å². The number of hydrogen-bond donors (Lipinski definition) is 1. The SMILES string of the molecule is Cc1nc(C(C)Nc2cscc2C)c(C)s1. The van der Waals surface area contributed by atoms with Crippen LogP contribution in [-0.2, 0) is 0 Å². The molecule has 0 spiro atoms. The number of thiophene rings is 1. The third kappa shape index (κ3) is 2.28. The van der Waals surface area contributed by atoms with Gasteiger partial charge in [-0.1, -0.05) is 0 Å². The summed E-state index contributed by atoms with van der Waals surface area (Å²) in [4.78, 5) is 5.89. The Balaban J connectivity index is 2.17. The lowest BCUT2D eigenvalue weighted by molar-refractivity contribution is 0.836. The van der Waals surface area contributed by atoms with Gasteiger partial charge in [-0.15, -0.1) is 22.7 Å². The number of nitrogens with one attached hydrogen (secondary N) is 1. The van der Waals surface area contributed by atoms with E-state index in [-0.39, 0.29) is 6.04 Å². The van der Waals surface area contributed by atoms with Gasteiger partial charge in [-0.2, -0.15) is 0 Å². The van der Waals surface area contributed by atoms with Crippen LogP contribution in [0.2, 0.25) is 0 Å². The Morgan fingerprint density at radius 1 is 1.25 bits per heavy atom. The lowest BCUT2D eigenvalue weighted by Gasteiger charge is -2.13. The van der Waals surface area contributed by atoms with Crippen molar-refractivity contribution in [2.45, 2.75) is 33.7 Å². The number of anilines is 1. The largest absolute Gasteiger partial charge is 0.376 e. The van der Waals surface area contributed by atoms with Crippen LogP contribution in [0, 0.1) is 20.8 Å². The first kappa shape index (κ1) is 11.6. The summed E-state index contributed by atoms with van der Waals surface area (Å²) in [5, 5.41) is 8.97. The predicted octanol–water partition coefficient (Wildman–Crippen LogP) is 4.30. The first-order valence-electron chi connectivity index (χ1n) is 5.31. The van der Waals surface area contributed by atoms with Crippen LogP contribution in [0.3, 0.4) is 0 Å². The van der Waals surface area contributed by atoms with Crippen molar-refractivity contribution in [3.8, 4) is 0 Å². The van der Waals surface area contributed by atoms with Gasteiger partial charge in [0.2, 0.25) is 0 Å². The van der Waals surface area contributed by atoms with Crippen LogP contribution in [0.25, 0.3) is 0 Å². The lowest BCUT2D eigenvalue weighted by atomic mass is 10.2. The highest BCUT2D eigenvalue weighted by Crippen LogP contribution is 2.28. The molecule has 2 aromatic heterocycles. The second kappa shape index (κ2) is 4.55. The number of thiazole rings is 1. The van der Waals surface area contributed by atoms with Gasteiger partial charge >= 0.3 is 0 Å². The van der Waals surface area contributed by atoms with Gasteiger partial charge in [-0.25, -0.2) is 4.98 Å². The van der Waals surface area contributed by atoms with Gasteiger partial charge in [0.05, 0.1) is 16.7 Å². The minimum atomic E-state index is 0.276. The molecule has 2 nitrogen and oxygen atoms in total. The molecule has 1 unspecified atom stereocenters. The number of rotatable bonds is 3. The Hall–Kier alpha value is -0.870. The Bertz CT molecular complexity index is 485. The van der Waals surface area contributed by atoms with E-state index >= 15 is 0 Å². The van der Waals surface area contributed by atoms with Crippen LogP contribution in [0.5, 0.6) is 0 Å². The van der Waals surface area contributed by atoms with Gasteiger partial charge in [-0.05, 0) is 38.6 Å². The molecule has 4 heteroatoms. The first-order chi connectivity index (χ1) is 7.58. The zero-order valence-corrected chi connectivity index (χ0v) is 11.6. The van der Waals surface area contributed by atoms with Crippen LogP contribution in [0.15, 0.2) is 10.8 Å². The molecule has 0 radical (unpaired) electrons. The molecular weight excluding hydrogens is 236 g/mol. The van der Waals surface area contributed by atoms with E-state index in [9.17, 15) is 0 Å². The highest BCUT2D eigenvalue weighted by Gasteiger charge is 2.13. The van der Waals surface area contributed by atoms with Crippen LogP contribution in [-0.4, -0.2) is 4.98 Å². The average molecular weight is 252 g/mol. The summed E-state index contributed by atoms with van der Waals surface area (Å²) in [6.45, 7) is 8.49. The quantitative estimate of drug-likeness (QED) is 0.880. The molecule has 1 atom stereocenters. The Morgan fingerprint density at radius 2 is 2.00 bits per heavy atom. The van der Waals surface area contributed by atoms with Crippen molar-refractivity contribution in [3.63, 3.8) is 0 Å². The maximum Gasteiger partial charge on any atom is 0.0901 e. The predicted molar refractivity (Wildman–Crippen MR) is 72.7 cm³/mol. The zero-order chi connectivity index (χ0) is 11.7. The molecule has 1 N–H and O–H groups in total. The van der Waals surface area contributed by atoms with Gasteiger partial charge in [0, 0.05) is 15.9 Å². The van der Waals surface area contributed by atoms with E-state index in [1.165, 1.54) is 21.8 Å². The Morgan fingerprint density at radius 3 is 2.50 bits per heavy atom. The molecule has 2 heterocycles. The molecular formula is C12H16N2S2. The highest BCUT2D eigenvalue weighted by molar-refractivity contribution is 7.11. The fourth-order valence-electron chi connectivity index (χ4n) is 1.76. The van der Waals surface area contributed by atoms with E-state index < -0.39 is 0 Å². The van der Waals surface area contributed by atoms with Crippen molar-refractivity contribution in [3.05, 3.63) is 31.9 Å². The number of nitrogens with zero attached hydrogens (tertiary/aromatic N) is 1. The molecule has 0 aliphatic rings. The van der Waals surface area contributed by atoms with Gasteiger partial charge in [-0.3, -0.25) is 0 Å². The topological polar surface area (TPSA) is 24.9 Å². The third-order valence-electron chi connectivity index (χ3n) is 2.58. The lowest BCUT2D eigenvalue weighted by Crippen LogP contribution is -2.08. The second-order valence-corrected chi connectivity index (χ2v) is 6.16. The van der Waals surface area contributed by atoms with Crippen LogP contribution >= 0.6 is 22.7 Å². The van der Waals surface area contributed by atoms with Crippen molar-refractivity contribution in [1.29, 1.82) is 0 Å².